The number of amides is 2. The van der Waals surface area contributed by atoms with E-state index in [1.54, 1.807) is 11.3 Å². The topological polar surface area (TPSA) is 106 Å². The number of rotatable bonds is 7. The second-order valence-corrected chi connectivity index (χ2v) is 10.5. The van der Waals surface area contributed by atoms with E-state index >= 15 is 0 Å². The first-order valence-corrected chi connectivity index (χ1v) is 12.7. The van der Waals surface area contributed by atoms with Crippen molar-refractivity contribution < 1.29 is 14.3 Å². The first-order chi connectivity index (χ1) is 15.9. The Bertz CT molecular complexity index is 1130. The number of carbonyl (C=O) groups is 2. The Morgan fingerprint density at radius 3 is 2.82 bits per heavy atom. The molecule has 1 aliphatic carbocycles. The Hall–Kier alpha value is -2.91. The van der Waals surface area contributed by atoms with Crippen molar-refractivity contribution in [1.82, 2.24) is 10.3 Å². The molecule has 0 spiro atoms. The van der Waals surface area contributed by atoms with Gasteiger partial charge in [0, 0.05) is 23.1 Å². The Morgan fingerprint density at radius 2 is 2.09 bits per heavy atom. The minimum absolute atomic E-state index is 0.0545. The van der Waals surface area contributed by atoms with Gasteiger partial charge in [0.15, 0.2) is 0 Å². The van der Waals surface area contributed by atoms with E-state index in [-0.39, 0.29) is 17.9 Å². The summed E-state index contributed by atoms with van der Waals surface area (Å²) < 4.78 is 5.61. The standard InChI is InChI=1S/C24H28N4O3S2/c1-14(16-6-4-3-5-7-16)10-21(29)28-23-22(25)19-9-8-18(11-20(19)33-23)31-24(30)26-12-17-13-32-15(2)27-17/h3-7,13-14,18H,8-12,25H2,1-2H3,(H,26,30)(H,28,29). The van der Waals surface area contributed by atoms with Crippen LogP contribution in [-0.4, -0.2) is 23.1 Å². The maximum Gasteiger partial charge on any atom is 0.407 e. The van der Waals surface area contributed by atoms with E-state index in [1.165, 1.54) is 11.3 Å². The van der Waals surface area contributed by atoms with E-state index in [0.29, 0.717) is 36.5 Å². The predicted molar refractivity (Wildman–Crippen MR) is 133 cm³/mol. The van der Waals surface area contributed by atoms with Crippen molar-refractivity contribution in [3.05, 3.63) is 62.4 Å². The van der Waals surface area contributed by atoms with Gasteiger partial charge in [-0.05, 0) is 36.8 Å². The molecule has 0 fully saturated rings. The van der Waals surface area contributed by atoms with Gasteiger partial charge in [-0.2, -0.15) is 0 Å². The molecule has 3 aromatic rings. The van der Waals surface area contributed by atoms with Crippen LogP contribution in [0.4, 0.5) is 15.5 Å². The summed E-state index contributed by atoms with van der Waals surface area (Å²) in [5, 5.41) is 9.33. The fourth-order valence-electron chi connectivity index (χ4n) is 3.97. The van der Waals surface area contributed by atoms with Crippen molar-refractivity contribution in [3.63, 3.8) is 0 Å². The molecule has 1 aromatic carbocycles. The van der Waals surface area contributed by atoms with Gasteiger partial charge in [-0.3, -0.25) is 4.79 Å². The Morgan fingerprint density at radius 1 is 1.30 bits per heavy atom. The molecule has 2 heterocycles. The predicted octanol–water partition coefficient (Wildman–Crippen LogP) is 5.01. The van der Waals surface area contributed by atoms with Gasteiger partial charge in [0.05, 0.1) is 22.9 Å². The third-order valence-electron chi connectivity index (χ3n) is 5.73. The van der Waals surface area contributed by atoms with Crippen molar-refractivity contribution in [2.75, 3.05) is 11.1 Å². The van der Waals surface area contributed by atoms with Crippen LogP contribution in [0, 0.1) is 6.92 Å². The number of aryl methyl sites for hydroxylation is 1. The molecule has 4 N–H and O–H groups in total. The van der Waals surface area contributed by atoms with E-state index < -0.39 is 6.09 Å². The molecule has 174 valence electrons. The van der Waals surface area contributed by atoms with Gasteiger partial charge in [0.2, 0.25) is 5.91 Å². The van der Waals surface area contributed by atoms with Crippen LogP contribution in [-0.2, 0) is 28.9 Å². The van der Waals surface area contributed by atoms with Crippen LogP contribution in [0.3, 0.4) is 0 Å². The fraction of sp³-hybridized carbons (Fsp3) is 0.375. The zero-order chi connectivity index (χ0) is 23.4. The van der Waals surface area contributed by atoms with Crippen LogP contribution >= 0.6 is 22.7 Å². The SMILES string of the molecule is Cc1nc(CNC(=O)OC2CCc3c(sc(NC(=O)CC(C)c4ccccc4)c3N)C2)cs1. The number of nitrogens with one attached hydrogen (secondary N) is 2. The third kappa shape index (κ3) is 5.91. The second-order valence-electron chi connectivity index (χ2n) is 8.29. The van der Waals surface area contributed by atoms with Crippen molar-refractivity contribution in [1.29, 1.82) is 0 Å². The summed E-state index contributed by atoms with van der Waals surface area (Å²) >= 11 is 3.03. The average Bonchev–Trinajstić information content (AvgIpc) is 3.35. The van der Waals surface area contributed by atoms with Crippen LogP contribution in [0.2, 0.25) is 0 Å². The van der Waals surface area contributed by atoms with E-state index in [0.717, 1.165) is 33.1 Å². The zero-order valence-electron chi connectivity index (χ0n) is 18.7. The number of nitrogens with two attached hydrogens (primary N) is 1. The number of nitrogen functional groups attached to an aromatic ring is 1. The second kappa shape index (κ2) is 10.4. The van der Waals surface area contributed by atoms with E-state index in [9.17, 15) is 9.59 Å². The highest BCUT2D eigenvalue weighted by Gasteiger charge is 2.27. The number of hydrogen-bond acceptors (Lipinski definition) is 7. The molecule has 7 nitrogen and oxygen atoms in total. The van der Waals surface area contributed by atoms with Crippen LogP contribution in [0.15, 0.2) is 35.7 Å². The molecule has 2 aromatic heterocycles. The van der Waals surface area contributed by atoms with Crippen LogP contribution < -0.4 is 16.4 Å². The molecule has 0 aliphatic heterocycles. The van der Waals surface area contributed by atoms with Crippen molar-refractivity contribution in [3.8, 4) is 0 Å². The van der Waals surface area contributed by atoms with E-state index in [1.807, 2.05) is 49.6 Å². The number of ether oxygens (including phenoxy) is 1. The molecular formula is C24H28N4O3S2. The maximum absolute atomic E-state index is 12.6. The molecule has 0 saturated heterocycles. The zero-order valence-corrected chi connectivity index (χ0v) is 20.4. The smallest absolute Gasteiger partial charge is 0.407 e. The van der Waals surface area contributed by atoms with Crippen molar-refractivity contribution in [2.45, 2.75) is 58.1 Å². The van der Waals surface area contributed by atoms with Gasteiger partial charge in [-0.25, -0.2) is 9.78 Å². The molecule has 0 saturated carbocycles. The highest BCUT2D eigenvalue weighted by molar-refractivity contribution is 7.17. The monoisotopic (exact) mass is 484 g/mol. The first kappa shape index (κ1) is 23.3. The molecule has 2 unspecified atom stereocenters. The highest BCUT2D eigenvalue weighted by Crippen LogP contribution is 2.41. The molecule has 1 aliphatic rings. The first-order valence-electron chi connectivity index (χ1n) is 11.0. The number of benzene rings is 1. The number of thiophene rings is 1. The Labute approximate surface area is 201 Å². The number of alkyl carbamates (subject to hydrolysis) is 1. The minimum Gasteiger partial charge on any atom is -0.446 e. The summed E-state index contributed by atoms with van der Waals surface area (Å²) in [6.07, 6.45) is 1.75. The fourth-order valence-corrected chi connectivity index (χ4v) is 5.84. The van der Waals surface area contributed by atoms with Gasteiger partial charge < -0.3 is 21.1 Å². The summed E-state index contributed by atoms with van der Waals surface area (Å²) in [5.74, 6) is 0.0626. The number of nitrogens with zero attached hydrogens (tertiary/aromatic N) is 1. The van der Waals surface area contributed by atoms with Gasteiger partial charge in [-0.1, -0.05) is 37.3 Å². The number of thiazole rings is 1. The van der Waals surface area contributed by atoms with Crippen molar-refractivity contribution >= 4 is 45.4 Å². The molecular weight excluding hydrogens is 456 g/mol. The van der Waals surface area contributed by atoms with Gasteiger partial charge in [-0.15, -0.1) is 22.7 Å². The number of hydrogen-bond donors (Lipinski definition) is 3. The lowest BCUT2D eigenvalue weighted by Crippen LogP contribution is -2.31. The average molecular weight is 485 g/mol. The Kier molecular flexibility index (Phi) is 7.29. The summed E-state index contributed by atoms with van der Waals surface area (Å²) in [6.45, 7) is 4.32. The lowest BCUT2D eigenvalue weighted by atomic mass is 9.95. The molecule has 0 bridgehead atoms. The molecule has 0 radical (unpaired) electrons. The quantitative estimate of drug-likeness (QED) is 0.437. The van der Waals surface area contributed by atoms with Crippen LogP contribution in [0.1, 0.15) is 52.4 Å². The van der Waals surface area contributed by atoms with Crippen LogP contribution in [0.25, 0.3) is 0 Å². The molecule has 33 heavy (non-hydrogen) atoms. The normalized spacial score (nSPS) is 16.0. The minimum atomic E-state index is -0.443. The Balaban J connectivity index is 1.30. The number of carbonyl (C=O) groups excluding carboxylic acids is 2. The van der Waals surface area contributed by atoms with Crippen LogP contribution in [0.5, 0.6) is 0 Å². The number of aromatic nitrogens is 1. The lowest BCUT2D eigenvalue weighted by Gasteiger charge is -2.22. The van der Waals surface area contributed by atoms with Gasteiger partial charge in [0.1, 0.15) is 11.1 Å². The maximum atomic E-state index is 12.6. The summed E-state index contributed by atoms with van der Waals surface area (Å²) in [6, 6.07) is 9.99. The largest absolute Gasteiger partial charge is 0.446 e. The molecule has 2 atom stereocenters. The summed E-state index contributed by atoms with van der Waals surface area (Å²) in [7, 11) is 0. The summed E-state index contributed by atoms with van der Waals surface area (Å²) in [4.78, 5) is 30.2. The van der Waals surface area contributed by atoms with Gasteiger partial charge >= 0.3 is 6.09 Å². The number of anilines is 2. The number of fused-ring (bicyclic) bond motifs is 1. The van der Waals surface area contributed by atoms with E-state index in [2.05, 4.69) is 15.6 Å². The molecule has 9 heteroatoms. The third-order valence-corrected chi connectivity index (χ3v) is 7.74. The van der Waals surface area contributed by atoms with Crippen molar-refractivity contribution in [2.24, 2.45) is 0 Å². The van der Waals surface area contributed by atoms with Gasteiger partial charge in [0.25, 0.3) is 0 Å². The lowest BCUT2D eigenvalue weighted by molar-refractivity contribution is -0.116. The highest BCUT2D eigenvalue weighted by atomic mass is 32.1. The summed E-state index contributed by atoms with van der Waals surface area (Å²) in [5.41, 5.74) is 10.0. The van der Waals surface area contributed by atoms with E-state index in [4.69, 9.17) is 10.5 Å². The molecule has 4 rings (SSSR count). The molecule has 2 amide bonds.